The first-order valence-corrected chi connectivity index (χ1v) is 8.12. The van der Waals surface area contributed by atoms with Gasteiger partial charge in [0.1, 0.15) is 6.33 Å². The van der Waals surface area contributed by atoms with E-state index in [-0.39, 0.29) is 23.7 Å². The molecule has 2 aromatic rings. The van der Waals surface area contributed by atoms with Crippen LogP contribution in [0.5, 0.6) is 0 Å². The predicted octanol–water partition coefficient (Wildman–Crippen LogP) is -0.0501. The molecule has 4 rings (SSSR count). The van der Waals surface area contributed by atoms with Gasteiger partial charge < -0.3 is 10.2 Å². The summed E-state index contributed by atoms with van der Waals surface area (Å²) in [5.41, 5.74) is 1.32. The minimum absolute atomic E-state index is 0.107. The number of aryl methyl sites for hydroxylation is 2. The Hall–Kier alpha value is -2.71. The van der Waals surface area contributed by atoms with Gasteiger partial charge in [-0.3, -0.25) is 19.0 Å². The number of nitrogens with zero attached hydrogens (tertiary/aromatic N) is 6. The molecule has 126 valence electrons. The standard InChI is InChI=1S/C15H19N7O2/c1-20-9-16-13(19-20)15(24)21-5-2-6-22-12(8-21)11(7-17-22)14(23)18-10-3-4-10/h7,9-10H,2-6,8H2,1H3,(H,18,23). The van der Waals surface area contributed by atoms with Crippen molar-refractivity contribution in [3.8, 4) is 0 Å². The molecule has 24 heavy (non-hydrogen) atoms. The number of hydrogen-bond donors (Lipinski definition) is 1. The molecular formula is C15H19N7O2. The number of aromatic nitrogens is 5. The molecule has 1 aliphatic carbocycles. The molecule has 1 saturated carbocycles. The van der Waals surface area contributed by atoms with E-state index in [1.807, 2.05) is 4.68 Å². The van der Waals surface area contributed by atoms with E-state index >= 15 is 0 Å². The molecule has 0 unspecified atom stereocenters. The van der Waals surface area contributed by atoms with Crippen LogP contribution in [-0.2, 0) is 20.1 Å². The Bertz CT molecular complexity index is 790. The first-order valence-electron chi connectivity index (χ1n) is 8.12. The van der Waals surface area contributed by atoms with Crippen LogP contribution in [0.25, 0.3) is 0 Å². The highest BCUT2D eigenvalue weighted by molar-refractivity contribution is 5.96. The molecule has 9 heteroatoms. The van der Waals surface area contributed by atoms with Gasteiger partial charge in [-0.2, -0.15) is 5.10 Å². The first-order chi connectivity index (χ1) is 11.6. The summed E-state index contributed by atoms with van der Waals surface area (Å²) in [7, 11) is 1.72. The highest BCUT2D eigenvalue weighted by Crippen LogP contribution is 2.22. The van der Waals surface area contributed by atoms with Crippen molar-refractivity contribution in [3.63, 3.8) is 0 Å². The Morgan fingerprint density at radius 3 is 2.83 bits per heavy atom. The molecule has 9 nitrogen and oxygen atoms in total. The van der Waals surface area contributed by atoms with Gasteiger partial charge in [0.05, 0.1) is 24.0 Å². The lowest BCUT2D eigenvalue weighted by atomic mass is 10.2. The summed E-state index contributed by atoms with van der Waals surface area (Å²) in [4.78, 5) is 30.7. The number of hydrogen-bond acceptors (Lipinski definition) is 5. The van der Waals surface area contributed by atoms with Crippen LogP contribution in [-0.4, -0.2) is 53.8 Å². The normalized spacial score (nSPS) is 17.3. The zero-order chi connectivity index (χ0) is 16.7. The lowest BCUT2D eigenvalue weighted by Crippen LogP contribution is -2.33. The predicted molar refractivity (Wildman–Crippen MR) is 83.1 cm³/mol. The second-order valence-electron chi connectivity index (χ2n) is 6.30. The highest BCUT2D eigenvalue weighted by Gasteiger charge is 2.29. The van der Waals surface area contributed by atoms with Gasteiger partial charge in [0, 0.05) is 26.2 Å². The second kappa shape index (κ2) is 5.73. The third-order valence-corrected chi connectivity index (χ3v) is 4.32. The fraction of sp³-hybridized carbons (Fsp3) is 0.533. The molecule has 0 spiro atoms. The largest absolute Gasteiger partial charge is 0.349 e. The zero-order valence-corrected chi connectivity index (χ0v) is 13.5. The van der Waals surface area contributed by atoms with Gasteiger partial charge >= 0.3 is 0 Å². The summed E-state index contributed by atoms with van der Waals surface area (Å²) in [5.74, 6) is -0.155. The Morgan fingerprint density at radius 1 is 1.29 bits per heavy atom. The van der Waals surface area contributed by atoms with Crippen molar-refractivity contribution in [2.24, 2.45) is 7.05 Å². The van der Waals surface area contributed by atoms with Crippen molar-refractivity contribution in [3.05, 3.63) is 29.6 Å². The summed E-state index contributed by atoms with van der Waals surface area (Å²) in [6.07, 6.45) is 5.94. The molecule has 2 aliphatic rings. The van der Waals surface area contributed by atoms with E-state index in [0.29, 0.717) is 25.2 Å². The number of nitrogens with one attached hydrogen (secondary N) is 1. The van der Waals surface area contributed by atoms with Gasteiger partial charge in [-0.25, -0.2) is 4.98 Å². The van der Waals surface area contributed by atoms with E-state index in [1.54, 1.807) is 18.1 Å². The average molecular weight is 329 g/mol. The second-order valence-corrected chi connectivity index (χ2v) is 6.30. The van der Waals surface area contributed by atoms with E-state index in [0.717, 1.165) is 25.0 Å². The van der Waals surface area contributed by atoms with Crippen LogP contribution in [0.3, 0.4) is 0 Å². The third kappa shape index (κ3) is 2.77. The van der Waals surface area contributed by atoms with Crippen molar-refractivity contribution < 1.29 is 9.59 Å². The molecule has 2 amide bonds. The van der Waals surface area contributed by atoms with Gasteiger partial charge in [-0.1, -0.05) is 0 Å². The molecule has 0 bridgehead atoms. The zero-order valence-electron chi connectivity index (χ0n) is 13.5. The summed E-state index contributed by atoms with van der Waals surface area (Å²) in [5, 5.41) is 11.4. The number of carbonyl (C=O) groups is 2. The molecular weight excluding hydrogens is 310 g/mol. The topological polar surface area (TPSA) is 97.9 Å². The fourth-order valence-electron chi connectivity index (χ4n) is 2.87. The van der Waals surface area contributed by atoms with Crippen molar-refractivity contribution in [2.75, 3.05) is 6.54 Å². The molecule has 0 radical (unpaired) electrons. The lowest BCUT2D eigenvalue weighted by molar-refractivity contribution is 0.0730. The van der Waals surface area contributed by atoms with E-state index in [2.05, 4.69) is 20.5 Å². The van der Waals surface area contributed by atoms with Gasteiger partial charge in [0.2, 0.25) is 5.82 Å². The van der Waals surface area contributed by atoms with Gasteiger partial charge in [-0.15, -0.1) is 5.10 Å². The van der Waals surface area contributed by atoms with Crippen molar-refractivity contribution in [2.45, 2.75) is 38.4 Å². The Kier molecular flexibility index (Phi) is 3.55. The molecule has 1 fully saturated rings. The molecule has 2 aromatic heterocycles. The average Bonchev–Trinajstić information content (AvgIpc) is 3.20. The van der Waals surface area contributed by atoms with Crippen molar-refractivity contribution in [1.29, 1.82) is 0 Å². The van der Waals surface area contributed by atoms with Crippen LogP contribution in [0.4, 0.5) is 0 Å². The monoisotopic (exact) mass is 329 g/mol. The maximum atomic E-state index is 12.6. The maximum Gasteiger partial charge on any atom is 0.293 e. The van der Waals surface area contributed by atoms with Gasteiger partial charge in [0.25, 0.3) is 11.8 Å². The van der Waals surface area contributed by atoms with Crippen LogP contribution >= 0.6 is 0 Å². The smallest absolute Gasteiger partial charge is 0.293 e. The Balaban J connectivity index is 1.58. The van der Waals surface area contributed by atoms with E-state index < -0.39 is 0 Å². The van der Waals surface area contributed by atoms with Crippen LogP contribution in [0.2, 0.25) is 0 Å². The number of rotatable bonds is 3. The summed E-state index contributed by atoms with van der Waals surface area (Å²) in [6.45, 7) is 1.61. The summed E-state index contributed by atoms with van der Waals surface area (Å²) in [6, 6.07) is 0.286. The van der Waals surface area contributed by atoms with Crippen LogP contribution < -0.4 is 5.32 Å². The van der Waals surface area contributed by atoms with Crippen molar-refractivity contribution in [1.82, 2.24) is 34.8 Å². The molecule has 3 heterocycles. The van der Waals surface area contributed by atoms with Crippen LogP contribution in [0.1, 0.15) is 45.9 Å². The number of amides is 2. The third-order valence-electron chi connectivity index (χ3n) is 4.32. The van der Waals surface area contributed by atoms with Gasteiger partial charge in [0.15, 0.2) is 0 Å². The molecule has 0 saturated heterocycles. The number of carbonyl (C=O) groups excluding carboxylic acids is 2. The molecule has 0 atom stereocenters. The summed E-state index contributed by atoms with van der Waals surface area (Å²) < 4.78 is 3.32. The Labute approximate surface area is 138 Å². The lowest BCUT2D eigenvalue weighted by Gasteiger charge is -2.18. The SMILES string of the molecule is Cn1cnc(C(=O)N2CCCn3ncc(C(=O)NC4CC4)c3C2)n1. The van der Waals surface area contributed by atoms with E-state index in [9.17, 15) is 9.59 Å². The summed E-state index contributed by atoms with van der Waals surface area (Å²) >= 11 is 0. The van der Waals surface area contributed by atoms with Crippen LogP contribution in [0.15, 0.2) is 12.5 Å². The first kappa shape index (κ1) is 14.9. The van der Waals surface area contributed by atoms with Gasteiger partial charge in [-0.05, 0) is 19.3 Å². The Morgan fingerprint density at radius 2 is 2.12 bits per heavy atom. The highest BCUT2D eigenvalue weighted by atomic mass is 16.2. The van der Waals surface area contributed by atoms with Crippen LogP contribution in [0, 0.1) is 0 Å². The quantitative estimate of drug-likeness (QED) is 0.851. The molecule has 1 N–H and O–H groups in total. The minimum atomic E-state index is -0.223. The maximum absolute atomic E-state index is 12.6. The fourth-order valence-corrected chi connectivity index (χ4v) is 2.87. The van der Waals surface area contributed by atoms with E-state index in [4.69, 9.17) is 0 Å². The van der Waals surface area contributed by atoms with E-state index in [1.165, 1.54) is 11.0 Å². The molecule has 0 aromatic carbocycles. The van der Waals surface area contributed by atoms with Crippen molar-refractivity contribution >= 4 is 11.8 Å². The number of fused-ring (bicyclic) bond motifs is 1. The molecule has 1 aliphatic heterocycles. The minimum Gasteiger partial charge on any atom is -0.349 e.